The highest BCUT2D eigenvalue weighted by Crippen LogP contribution is 2.55. The number of rotatable bonds is 4. The smallest absolute Gasteiger partial charge is 0.255 e. The highest BCUT2D eigenvalue weighted by molar-refractivity contribution is 8.00. The number of phenols is 1. The van der Waals surface area contributed by atoms with Crippen LogP contribution in [0.15, 0.2) is 70.0 Å². The third-order valence-corrected chi connectivity index (χ3v) is 8.80. The second-order valence-electron chi connectivity index (χ2n) is 9.07. The topological polar surface area (TPSA) is 179 Å². The number of benzene rings is 2. The van der Waals surface area contributed by atoms with E-state index in [2.05, 4.69) is 5.32 Å². The summed E-state index contributed by atoms with van der Waals surface area (Å²) in [5.41, 5.74) is 1.80. The molecule has 12 heteroatoms. The molecule has 3 aliphatic rings. The first-order chi connectivity index (χ1) is 18.0. The van der Waals surface area contributed by atoms with E-state index in [4.69, 9.17) is 22.7 Å². The SMILES string of the molecule is COc1ccc(O)c2c1SC1CC3C(NC(=S)c4ccccc4)C(O)=C(C(N)=O)C(=O)C3(O)C(O)=C1C2=O. The lowest BCUT2D eigenvalue weighted by Crippen LogP contribution is -2.64. The second kappa shape index (κ2) is 9.15. The first-order valence-corrected chi connectivity index (χ1v) is 12.7. The highest BCUT2D eigenvalue weighted by Gasteiger charge is 2.63. The minimum atomic E-state index is -2.78. The van der Waals surface area contributed by atoms with E-state index in [1.54, 1.807) is 30.3 Å². The maximum absolute atomic E-state index is 13.5. The average molecular weight is 555 g/mol. The van der Waals surface area contributed by atoms with Gasteiger partial charge in [0.05, 0.1) is 29.2 Å². The van der Waals surface area contributed by atoms with Crippen molar-refractivity contribution in [2.75, 3.05) is 7.11 Å². The number of hydrogen-bond acceptors (Lipinski definition) is 10. The van der Waals surface area contributed by atoms with Crippen LogP contribution in [0.3, 0.4) is 0 Å². The minimum Gasteiger partial charge on any atom is -0.509 e. The van der Waals surface area contributed by atoms with Crippen LogP contribution in [0.1, 0.15) is 22.3 Å². The van der Waals surface area contributed by atoms with Crippen LogP contribution in [0, 0.1) is 5.92 Å². The normalized spacial score (nSPS) is 26.3. The van der Waals surface area contributed by atoms with E-state index in [1.807, 2.05) is 0 Å². The van der Waals surface area contributed by atoms with Crippen molar-refractivity contribution in [3.05, 3.63) is 76.3 Å². The Morgan fingerprint density at radius 1 is 1.16 bits per heavy atom. The molecule has 4 unspecified atom stereocenters. The number of nitrogens with two attached hydrogens (primary N) is 1. The standard InChI is InChI=1S/C26H22N2O8S2/c1-36-13-8-7-12(29)15-19(30)16-14(38-21(13)15)9-11-18(28-25(37)10-5-3-2-4-6-10)20(31)17(24(27)34)23(33)26(11,35)22(16)32/h2-8,11,14,18,29,31-32,35H,9H2,1H3,(H2,27,34)(H,28,37). The number of ether oxygens (including phenoxy) is 1. The molecule has 2 aromatic carbocycles. The monoisotopic (exact) mass is 554 g/mol. The number of hydrogen-bond donors (Lipinski definition) is 6. The summed E-state index contributed by atoms with van der Waals surface area (Å²) in [4.78, 5) is 39.7. The molecule has 5 rings (SSSR count). The predicted octanol–water partition coefficient (Wildman–Crippen LogP) is 1.83. The van der Waals surface area contributed by atoms with Crippen LogP contribution in [0.2, 0.25) is 0 Å². The van der Waals surface area contributed by atoms with Crippen molar-refractivity contribution < 1.29 is 39.5 Å². The molecule has 0 saturated heterocycles. The number of thiocarbonyl (C=S) groups is 1. The number of thioether (sulfide) groups is 1. The van der Waals surface area contributed by atoms with E-state index < -0.39 is 57.4 Å². The van der Waals surface area contributed by atoms with Gasteiger partial charge in [-0.05, 0) is 18.6 Å². The molecule has 1 aliphatic heterocycles. The van der Waals surface area contributed by atoms with Crippen LogP contribution in [0.5, 0.6) is 11.5 Å². The Morgan fingerprint density at radius 2 is 1.84 bits per heavy atom. The fourth-order valence-corrected chi connectivity index (χ4v) is 7.04. The Morgan fingerprint density at radius 3 is 2.47 bits per heavy atom. The molecule has 2 aliphatic carbocycles. The first-order valence-electron chi connectivity index (χ1n) is 11.4. The zero-order valence-electron chi connectivity index (χ0n) is 19.8. The first kappa shape index (κ1) is 25.8. The molecular formula is C26H22N2O8S2. The van der Waals surface area contributed by atoms with Crippen LogP contribution in [-0.4, -0.2) is 66.9 Å². The van der Waals surface area contributed by atoms with E-state index in [9.17, 15) is 34.8 Å². The van der Waals surface area contributed by atoms with Crippen molar-refractivity contribution in [3.63, 3.8) is 0 Å². The van der Waals surface area contributed by atoms with Gasteiger partial charge in [-0.15, -0.1) is 11.8 Å². The molecule has 1 amide bonds. The van der Waals surface area contributed by atoms with Crippen molar-refractivity contribution in [2.24, 2.45) is 11.7 Å². The number of amides is 1. The van der Waals surface area contributed by atoms with Gasteiger partial charge in [-0.2, -0.15) is 0 Å². The van der Waals surface area contributed by atoms with Gasteiger partial charge in [0.15, 0.2) is 11.4 Å². The van der Waals surface area contributed by atoms with Crippen LogP contribution >= 0.6 is 24.0 Å². The molecular weight excluding hydrogens is 532 g/mol. The number of primary amides is 1. The Labute approximate surface area is 225 Å². The molecule has 4 atom stereocenters. The van der Waals surface area contributed by atoms with Crippen LogP contribution < -0.4 is 15.8 Å². The quantitative estimate of drug-likeness (QED) is 0.240. The summed E-state index contributed by atoms with van der Waals surface area (Å²) in [6, 6.07) is 10.1. The summed E-state index contributed by atoms with van der Waals surface area (Å²) in [6.07, 6.45) is -0.110. The Kier molecular flexibility index (Phi) is 6.21. The number of nitrogens with one attached hydrogen (secondary N) is 1. The summed E-state index contributed by atoms with van der Waals surface area (Å²) in [7, 11) is 1.40. The van der Waals surface area contributed by atoms with E-state index in [0.717, 1.165) is 11.8 Å². The largest absolute Gasteiger partial charge is 0.509 e. The highest BCUT2D eigenvalue weighted by atomic mass is 32.2. The van der Waals surface area contributed by atoms with Crippen LogP contribution in [0.25, 0.3) is 0 Å². The molecule has 0 spiro atoms. The lowest BCUT2D eigenvalue weighted by atomic mass is 9.63. The van der Waals surface area contributed by atoms with E-state index in [-0.39, 0.29) is 28.3 Å². The van der Waals surface area contributed by atoms with Gasteiger partial charge in [-0.3, -0.25) is 14.4 Å². The summed E-state index contributed by atoms with van der Waals surface area (Å²) < 4.78 is 5.35. The summed E-state index contributed by atoms with van der Waals surface area (Å²) in [5.74, 6) is -6.49. The molecule has 38 heavy (non-hydrogen) atoms. The molecule has 2 aromatic rings. The Bertz CT molecular complexity index is 1490. The maximum atomic E-state index is 13.5. The maximum Gasteiger partial charge on any atom is 0.255 e. The summed E-state index contributed by atoms with van der Waals surface area (Å²) >= 11 is 6.57. The number of aromatic hydroxyl groups is 1. The van der Waals surface area contributed by atoms with Gasteiger partial charge < -0.3 is 36.2 Å². The number of methoxy groups -OCH3 is 1. The minimum absolute atomic E-state index is 0.110. The van der Waals surface area contributed by atoms with Crippen molar-refractivity contribution in [1.29, 1.82) is 0 Å². The predicted molar refractivity (Wildman–Crippen MR) is 140 cm³/mol. The fraction of sp³-hybridized carbons (Fsp3) is 0.231. The van der Waals surface area contributed by atoms with E-state index in [1.165, 1.54) is 19.2 Å². The summed E-state index contributed by atoms with van der Waals surface area (Å²) in [6.45, 7) is 0. The Hall–Kier alpha value is -3.87. The molecule has 0 fully saturated rings. The molecule has 0 aromatic heterocycles. The molecule has 0 radical (unpaired) electrons. The van der Waals surface area contributed by atoms with Gasteiger partial charge in [0.25, 0.3) is 5.91 Å². The number of aliphatic hydroxyl groups is 3. The molecule has 0 saturated carbocycles. The number of fused-ring (bicyclic) bond motifs is 3. The molecule has 10 nitrogen and oxygen atoms in total. The van der Waals surface area contributed by atoms with Gasteiger partial charge in [-0.1, -0.05) is 42.5 Å². The van der Waals surface area contributed by atoms with E-state index >= 15 is 0 Å². The molecule has 0 bridgehead atoms. The number of carbonyl (C=O) groups excluding carboxylic acids is 3. The number of aliphatic hydroxyl groups excluding tert-OH is 2. The Balaban J connectivity index is 1.67. The fourth-order valence-electron chi connectivity index (χ4n) is 5.27. The van der Waals surface area contributed by atoms with E-state index in [0.29, 0.717) is 16.2 Å². The van der Waals surface area contributed by atoms with Crippen molar-refractivity contribution in [3.8, 4) is 11.5 Å². The third kappa shape index (κ3) is 3.59. The van der Waals surface area contributed by atoms with Crippen LogP contribution in [0.4, 0.5) is 0 Å². The summed E-state index contributed by atoms with van der Waals surface area (Å²) in [5, 5.41) is 46.6. The zero-order chi connectivity index (χ0) is 27.5. The second-order valence-corrected chi connectivity index (χ2v) is 10.7. The molecule has 196 valence electrons. The number of carbonyl (C=O) groups is 3. The third-order valence-electron chi connectivity index (χ3n) is 7.09. The van der Waals surface area contributed by atoms with Crippen molar-refractivity contribution in [1.82, 2.24) is 5.32 Å². The number of phenolic OH excluding ortho intramolecular Hbond substituents is 1. The van der Waals surface area contributed by atoms with Crippen molar-refractivity contribution in [2.45, 2.75) is 28.2 Å². The average Bonchev–Trinajstić information content (AvgIpc) is 2.89. The van der Waals surface area contributed by atoms with Crippen molar-refractivity contribution >= 4 is 46.4 Å². The van der Waals surface area contributed by atoms with Crippen LogP contribution in [-0.2, 0) is 9.59 Å². The lowest BCUT2D eigenvalue weighted by Gasteiger charge is -2.48. The molecule has 7 N–H and O–H groups in total. The van der Waals surface area contributed by atoms with Gasteiger partial charge >= 0.3 is 0 Å². The van der Waals surface area contributed by atoms with Gasteiger partial charge in [0.1, 0.15) is 33.6 Å². The van der Waals surface area contributed by atoms with Gasteiger partial charge in [0, 0.05) is 16.7 Å². The van der Waals surface area contributed by atoms with Gasteiger partial charge in [-0.25, -0.2) is 0 Å². The number of ketones is 2. The van der Waals surface area contributed by atoms with Gasteiger partial charge in [0.2, 0.25) is 5.78 Å². The lowest BCUT2D eigenvalue weighted by molar-refractivity contribution is -0.144. The zero-order valence-corrected chi connectivity index (χ0v) is 21.4. The molecule has 1 heterocycles. The number of Topliss-reactive ketones (excluding diaryl/α,β-unsaturated/α-hetero) is 2.